The highest BCUT2D eigenvalue weighted by Gasteiger charge is 2.32. The van der Waals surface area contributed by atoms with E-state index >= 15 is 0 Å². The van der Waals surface area contributed by atoms with Crippen molar-refractivity contribution in [2.75, 3.05) is 35.0 Å². The van der Waals surface area contributed by atoms with Crippen molar-refractivity contribution in [3.63, 3.8) is 0 Å². The second kappa shape index (κ2) is 14.1. The van der Waals surface area contributed by atoms with Crippen LogP contribution >= 0.6 is 0 Å². The SMILES string of the molecule is COC(=O)[C@@H](NC(=O)OC(C)(C)C)c1cc(OC)cc(OC)c1-c1cc([C@H](CO)NC(=O)OC(C)(C)C)ccc1OC. The molecule has 0 unspecified atom stereocenters. The summed E-state index contributed by atoms with van der Waals surface area (Å²) in [7, 11) is 5.54. The van der Waals surface area contributed by atoms with E-state index in [9.17, 15) is 19.5 Å². The van der Waals surface area contributed by atoms with Crippen LogP contribution in [0.2, 0.25) is 0 Å². The Labute approximate surface area is 246 Å². The third-order valence-electron chi connectivity index (χ3n) is 5.74. The maximum Gasteiger partial charge on any atom is 0.408 e. The molecule has 2 aromatic rings. The van der Waals surface area contributed by atoms with Gasteiger partial charge in [-0.2, -0.15) is 0 Å². The van der Waals surface area contributed by atoms with Crippen molar-refractivity contribution in [2.45, 2.75) is 64.8 Å². The third kappa shape index (κ3) is 9.16. The summed E-state index contributed by atoms with van der Waals surface area (Å²) in [5.74, 6) is 0.200. The first-order valence-corrected chi connectivity index (χ1v) is 13.2. The summed E-state index contributed by atoms with van der Waals surface area (Å²) < 4.78 is 32.6. The summed E-state index contributed by atoms with van der Waals surface area (Å²) in [6, 6.07) is 5.95. The van der Waals surface area contributed by atoms with Crippen molar-refractivity contribution < 1.29 is 47.9 Å². The molecule has 0 saturated carbocycles. The second-order valence-electron chi connectivity index (χ2n) is 11.2. The molecule has 0 aliphatic rings. The van der Waals surface area contributed by atoms with Crippen LogP contribution in [0.25, 0.3) is 11.1 Å². The first-order valence-electron chi connectivity index (χ1n) is 13.2. The van der Waals surface area contributed by atoms with Crippen molar-refractivity contribution >= 4 is 18.2 Å². The number of aliphatic hydroxyl groups excluding tert-OH is 1. The quantitative estimate of drug-likeness (QED) is 0.263. The molecular formula is C30H42N2O10. The molecule has 3 N–H and O–H groups in total. The van der Waals surface area contributed by atoms with Crippen molar-refractivity contribution in [3.8, 4) is 28.4 Å². The molecule has 2 rings (SSSR count). The van der Waals surface area contributed by atoms with Gasteiger partial charge in [-0.1, -0.05) is 6.07 Å². The van der Waals surface area contributed by atoms with Crippen LogP contribution in [0.15, 0.2) is 30.3 Å². The summed E-state index contributed by atoms with van der Waals surface area (Å²) in [4.78, 5) is 38.4. The van der Waals surface area contributed by atoms with Gasteiger partial charge in [0.25, 0.3) is 0 Å². The lowest BCUT2D eigenvalue weighted by molar-refractivity contribution is -0.143. The Morgan fingerprint density at radius 2 is 1.36 bits per heavy atom. The standard InChI is InChI=1S/C30H42N2O10/c1-29(2,3)41-27(35)31-21(16-33)17-11-12-22(38-8)19(13-17)24-20(14-18(37-7)15-23(24)39-9)25(26(34)40-10)32-28(36)42-30(4,5)6/h11-15,21,25,33H,16H2,1-10H3,(H,31,35)(H,32,36)/t21-,25-/m0/s1. The molecule has 2 atom stereocenters. The molecule has 42 heavy (non-hydrogen) atoms. The Kier molecular flexibility index (Phi) is 11.4. The average molecular weight is 591 g/mol. The van der Waals surface area contributed by atoms with Crippen molar-refractivity contribution in [1.82, 2.24) is 10.6 Å². The Morgan fingerprint density at radius 3 is 1.83 bits per heavy atom. The number of benzene rings is 2. The van der Waals surface area contributed by atoms with E-state index in [2.05, 4.69) is 10.6 Å². The highest BCUT2D eigenvalue weighted by Crippen LogP contribution is 2.44. The number of alkyl carbamates (subject to hydrolysis) is 2. The van der Waals surface area contributed by atoms with Crippen molar-refractivity contribution in [3.05, 3.63) is 41.5 Å². The predicted molar refractivity (Wildman–Crippen MR) is 155 cm³/mol. The zero-order valence-electron chi connectivity index (χ0n) is 25.9. The van der Waals surface area contributed by atoms with Crippen LogP contribution in [-0.4, -0.2) is 69.5 Å². The number of amides is 2. The van der Waals surface area contributed by atoms with E-state index in [0.29, 0.717) is 28.2 Å². The van der Waals surface area contributed by atoms with Gasteiger partial charge >= 0.3 is 18.2 Å². The van der Waals surface area contributed by atoms with E-state index in [-0.39, 0.29) is 11.3 Å². The van der Waals surface area contributed by atoms with Gasteiger partial charge in [-0.3, -0.25) is 0 Å². The lowest BCUT2D eigenvalue weighted by Crippen LogP contribution is -2.38. The normalized spacial score (nSPS) is 12.8. The van der Waals surface area contributed by atoms with Crippen molar-refractivity contribution in [2.24, 2.45) is 0 Å². The summed E-state index contributed by atoms with van der Waals surface area (Å²) >= 11 is 0. The number of methoxy groups -OCH3 is 4. The number of esters is 1. The summed E-state index contributed by atoms with van der Waals surface area (Å²) in [5.41, 5.74) is -0.0497. The summed E-state index contributed by atoms with van der Waals surface area (Å²) in [6.45, 7) is 9.82. The fraction of sp³-hybridized carbons (Fsp3) is 0.500. The molecule has 2 amide bonds. The lowest BCUT2D eigenvalue weighted by Gasteiger charge is -2.26. The Morgan fingerprint density at radius 1 is 0.786 bits per heavy atom. The molecule has 232 valence electrons. The van der Waals surface area contributed by atoms with Crippen LogP contribution in [0.1, 0.15) is 64.8 Å². The fourth-order valence-electron chi connectivity index (χ4n) is 4.03. The smallest absolute Gasteiger partial charge is 0.408 e. The Bertz CT molecular complexity index is 1260. The molecule has 2 aromatic carbocycles. The molecule has 0 radical (unpaired) electrons. The number of nitrogens with one attached hydrogen (secondary N) is 2. The van der Waals surface area contributed by atoms with Crippen LogP contribution in [0.5, 0.6) is 17.2 Å². The van der Waals surface area contributed by atoms with E-state index in [1.807, 2.05) is 0 Å². The van der Waals surface area contributed by atoms with Crippen LogP contribution < -0.4 is 24.8 Å². The molecule has 0 bridgehead atoms. The second-order valence-corrected chi connectivity index (χ2v) is 11.2. The minimum atomic E-state index is -1.36. The van der Waals surface area contributed by atoms with E-state index in [4.69, 9.17) is 28.4 Å². The van der Waals surface area contributed by atoms with E-state index in [0.717, 1.165) is 0 Å². The first-order chi connectivity index (χ1) is 19.6. The highest BCUT2D eigenvalue weighted by atomic mass is 16.6. The van der Waals surface area contributed by atoms with Crippen LogP contribution in [0, 0.1) is 0 Å². The van der Waals surface area contributed by atoms with Crippen LogP contribution in [0.3, 0.4) is 0 Å². The zero-order valence-corrected chi connectivity index (χ0v) is 25.9. The maximum absolute atomic E-state index is 13.1. The van der Waals surface area contributed by atoms with E-state index in [1.54, 1.807) is 71.9 Å². The van der Waals surface area contributed by atoms with Crippen LogP contribution in [0.4, 0.5) is 9.59 Å². The van der Waals surface area contributed by atoms with Gasteiger partial charge in [0.15, 0.2) is 6.04 Å². The topological polar surface area (TPSA) is 151 Å². The molecule has 0 aliphatic carbocycles. The number of hydrogen-bond acceptors (Lipinski definition) is 10. The minimum Gasteiger partial charge on any atom is -0.497 e. The first kappa shape index (κ1) is 34.0. The number of hydrogen-bond donors (Lipinski definition) is 3. The summed E-state index contributed by atoms with van der Waals surface area (Å²) in [5, 5.41) is 15.4. The van der Waals surface area contributed by atoms with Gasteiger partial charge in [0.2, 0.25) is 0 Å². The number of aliphatic hydroxyl groups is 1. The molecule has 0 spiro atoms. The number of carbonyl (C=O) groups is 3. The molecule has 12 heteroatoms. The van der Waals surface area contributed by atoms with E-state index < -0.39 is 48.0 Å². The zero-order chi connectivity index (χ0) is 31.8. The Balaban J connectivity index is 2.80. The number of carbonyl (C=O) groups excluding carboxylic acids is 3. The van der Waals surface area contributed by atoms with Gasteiger partial charge in [-0.15, -0.1) is 0 Å². The van der Waals surface area contributed by atoms with Gasteiger partial charge in [-0.25, -0.2) is 14.4 Å². The van der Waals surface area contributed by atoms with Gasteiger partial charge < -0.3 is 44.2 Å². The monoisotopic (exact) mass is 590 g/mol. The molecule has 0 fully saturated rings. The maximum atomic E-state index is 13.1. The summed E-state index contributed by atoms with van der Waals surface area (Å²) in [6.07, 6.45) is -1.57. The van der Waals surface area contributed by atoms with Gasteiger partial charge in [0.1, 0.15) is 28.5 Å². The lowest BCUT2D eigenvalue weighted by atomic mass is 9.90. The highest BCUT2D eigenvalue weighted by molar-refractivity contribution is 5.89. The van der Waals surface area contributed by atoms with Crippen molar-refractivity contribution in [1.29, 1.82) is 0 Å². The van der Waals surface area contributed by atoms with Crippen LogP contribution in [-0.2, 0) is 19.0 Å². The number of ether oxygens (including phenoxy) is 6. The Hall–Kier alpha value is -4.19. The molecule has 0 aromatic heterocycles. The molecule has 0 aliphatic heterocycles. The predicted octanol–water partition coefficient (Wildman–Crippen LogP) is 4.68. The third-order valence-corrected chi connectivity index (χ3v) is 5.74. The fourth-order valence-corrected chi connectivity index (χ4v) is 4.03. The molecule has 12 nitrogen and oxygen atoms in total. The minimum absolute atomic E-state index is 0.250. The largest absolute Gasteiger partial charge is 0.497 e. The average Bonchev–Trinajstić information content (AvgIpc) is 2.91. The van der Waals surface area contributed by atoms with E-state index in [1.165, 1.54) is 28.4 Å². The van der Waals surface area contributed by atoms with Gasteiger partial charge in [0.05, 0.1) is 41.1 Å². The van der Waals surface area contributed by atoms with Gasteiger partial charge in [-0.05, 0) is 65.3 Å². The number of rotatable bonds is 10. The van der Waals surface area contributed by atoms with Gasteiger partial charge in [0, 0.05) is 22.8 Å². The molecule has 0 saturated heterocycles. The molecular weight excluding hydrogens is 548 g/mol. The molecule has 0 heterocycles.